The van der Waals surface area contributed by atoms with Crippen molar-refractivity contribution in [2.75, 3.05) is 0 Å². The minimum Gasteiger partial charge on any atom is -0.393 e. The molecule has 1 aromatic carbocycles. The Labute approximate surface area is 192 Å². The van der Waals surface area contributed by atoms with Gasteiger partial charge in [-0.05, 0) is 43.9 Å². The highest BCUT2D eigenvalue weighted by atomic mass is 19.4. The van der Waals surface area contributed by atoms with E-state index in [0.717, 1.165) is 12.1 Å². The third kappa shape index (κ3) is 4.09. The number of pyridine rings is 1. The number of aliphatic hydroxyl groups excluding tert-OH is 1. The Kier molecular flexibility index (Phi) is 5.47. The SMILES string of the molecule is Cn1cc(-c2nc(-c3ccc(C(F)(F)F)cc3)cc3c(=O)n([C@H]4CC[C@H](O)CC4)cnc23)cn1. The molecule has 176 valence electrons. The second-order valence-electron chi connectivity index (χ2n) is 8.65. The largest absolute Gasteiger partial charge is 0.416 e. The van der Waals surface area contributed by atoms with Gasteiger partial charge in [-0.3, -0.25) is 14.0 Å². The number of halogens is 3. The molecule has 5 rings (SSSR count). The van der Waals surface area contributed by atoms with Gasteiger partial charge in [0.25, 0.3) is 5.56 Å². The van der Waals surface area contributed by atoms with Crippen molar-refractivity contribution in [2.24, 2.45) is 7.05 Å². The molecule has 0 bridgehead atoms. The number of alkyl halides is 3. The molecular formula is C24H22F3N5O2. The van der Waals surface area contributed by atoms with E-state index >= 15 is 0 Å². The summed E-state index contributed by atoms with van der Waals surface area (Å²) in [4.78, 5) is 22.7. The van der Waals surface area contributed by atoms with Gasteiger partial charge in [0.15, 0.2) is 0 Å². The molecular weight excluding hydrogens is 447 g/mol. The van der Waals surface area contributed by atoms with Crippen LogP contribution in [0.1, 0.15) is 37.3 Å². The monoisotopic (exact) mass is 469 g/mol. The van der Waals surface area contributed by atoms with Gasteiger partial charge in [-0.2, -0.15) is 18.3 Å². The molecule has 0 atom stereocenters. The third-order valence-corrected chi connectivity index (χ3v) is 6.31. The molecule has 34 heavy (non-hydrogen) atoms. The molecule has 1 saturated carbocycles. The van der Waals surface area contributed by atoms with Crippen LogP contribution >= 0.6 is 0 Å². The molecule has 0 radical (unpaired) electrons. The van der Waals surface area contributed by atoms with Crippen LogP contribution in [-0.2, 0) is 13.2 Å². The number of nitrogens with zero attached hydrogens (tertiary/aromatic N) is 5. The van der Waals surface area contributed by atoms with E-state index in [0.29, 0.717) is 59.1 Å². The maximum Gasteiger partial charge on any atom is 0.416 e. The molecule has 0 amide bonds. The van der Waals surface area contributed by atoms with Crippen molar-refractivity contribution >= 4 is 10.9 Å². The first-order chi connectivity index (χ1) is 16.2. The van der Waals surface area contributed by atoms with Gasteiger partial charge < -0.3 is 5.11 Å². The predicted molar refractivity (Wildman–Crippen MR) is 120 cm³/mol. The number of benzene rings is 1. The molecule has 1 aliphatic rings. The average molecular weight is 469 g/mol. The van der Waals surface area contributed by atoms with E-state index in [1.807, 2.05) is 0 Å². The normalized spacial score (nSPS) is 19.0. The lowest BCUT2D eigenvalue weighted by molar-refractivity contribution is -0.137. The van der Waals surface area contributed by atoms with Crippen LogP contribution < -0.4 is 5.56 Å². The first-order valence-corrected chi connectivity index (χ1v) is 11.0. The molecule has 1 N–H and O–H groups in total. The van der Waals surface area contributed by atoms with E-state index in [1.165, 1.54) is 18.5 Å². The van der Waals surface area contributed by atoms with Crippen LogP contribution in [0.5, 0.6) is 0 Å². The standard InChI is InChI=1S/C24H22F3N5O2/c1-31-12-15(11-29-31)21-22-19(23(34)32(13-28-22)17-6-8-18(33)9-7-17)10-20(30-21)14-2-4-16(5-3-14)24(25,26)27/h2-5,10-13,17-18,33H,6-9H2,1H3/t17-,18-. The van der Waals surface area contributed by atoms with Crippen molar-refractivity contribution < 1.29 is 18.3 Å². The molecule has 3 heterocycles. The topological polar surface area (TPSA) is 85.8 Å². The van der Waals surface area contributed by atoms with E-state index in [4.69, 9.17) is 0 Å². The molecule has 0 aliphatic heterocycles. The Morgan fingerprint density at radius 2 is 1.76 bits per heavy atom. The summed E-state index contributed by atoms with van der Waals surface area (Å²) in [6.45, 7) is 0. The molecule has 1 aliphatic carbocycles. The van der Waals surface area contributed by atoms with Crippen LogP contribution in [0.4, 0.5) is 13.2 Å². The van der Waals surface area contributed by atoms with Gasteiger partial charge in [-0.15, -0.1) is 0 Å². The van der Waals surface area contributed by atoms with Gasteiger partial charge >= 0.3 is 6.18 Å². The zero-order valence-electron chi connectivity index (χ0n) is 18.3. The van der Waals surface area contributed by atoms with Crippen LogP contribution in [0, 0.1) is 0 Å². The van der Waals surface area contributed by atoms with Crippen molar-refractivity contribution in [3.8, 4) is 22.5 Å². The van der Waals surface area contributed by atoms with Crippen molar-refractivity contribution in [2.45, 2.75) is 44.0 Å². The molecule has 7 nitrogen and oxygen atoms in total. The van der Waals surface area contributed by atoms with Gasteiger partial charge in [0.2, 0.25) is 0 Å². The summed E-state index contributed by atoms with van der Waals surface area (Å²) in [6.07, 6.45) is 2.64. The summed E-state index contributed by atoms with van der Waals surface area (Å²) in [6, 6.07) is 6.21. The van der Waals surface area contributed by atoms with Crippen LogP contribution in [0.3, 0.4) is 0 Å². The highest BCUT2D eigenvalue weighted by Crippen LogP contribution is 2.33. The molecule has 3 aromatic heterocycles. The summed E-state index contributed by atoms with van der Waals surface area (Å²) in [5.74, 6) is 0. The lowest BCUT2D eigenvalue weighted by Gasteiger charge is -2.27. The minimum absolute atomic E-state index is 0.0719. The number of hydrogen-bond donors (Lipinski definition) is 1. The molecule has 4 aromatic rings. The van der Waals surface area contributed by atoms with Gasteiger partial charge in [-0.25, -0.2) is 9.97 Å². The average Bonchev–Trinajstić information content (AvgIpc) is 3.25. The third-order valence-electron chi connectivity index (χ3n) is 6.31. The Hall–Kier alpha value is -3.53. The highest BCUT2D eigenvalue weighted by Gasteiger charge is 2.30. The number of aryl methyl sites for hydroxylation is 1. The number of aliphatic hydroxyl groups is 1. The zero-order valence-corrected chi connectivity index (χ0v) is 18.3. The molecule has 0 saturated heterocycles. The van der Waals surface area contributed by atoms with E-state index in [1.54, 1.807) is 34.8 Å². The Morgan fingerprint density at radius 1 is 1.06 bits per heavy atom. The van der Waals surface area contributed by atoms with Crippen LogP contribution in [0.15, 0.2) is 53.8 Å². The van der Waals surface area contributed by atoms with E-state index in [2.05, 4.69) is 15.1 Å². The second-order valence-corrected chi connectivity index (χ2v) is 8.65. The summed E-state index contributed by atoms with van der Waals surface area (Å²) >= 11 is 0. The maximum atomic E-state index is 13.5. The lowest BCUT2D eigenvalue weighted by atomic mass is 9.93. The smallest absolute Gasteiger partial charge is 0.393 e. The second kappa shape index (κ2) is 8.35. The van der Waals surface area contributed by atoms with Gasteiger partial charge in [0.05, 0.1) is 35.3 Å². The molecule has 10 heteroatoms. The number of rotatable bonds is 3. The number of hydrogen-bond acceptors (Lipinski definition) is 5. The molecule has 1 fully saturated rings. The van der Waals surface area contributed by atoms with Gasteiger partial charge in [0.1, 0.15) is 11.2 Å². The minimum atomic E-state index is -4.44. The lowest BCUT2D eigenvalue weighted by Crippen LogP contribution is -2.29. The first-order valence-electron chi connectivity index (χ1n) is 11.0. The predicted octanol–water partition coefficient (Wildman–Crippen LogP) is 4.35. The van der Waals surface area contributed by atoms with E-state index in [9.17, 15) is 23.1 Å². The quantitative estimate of drug-likeness (QED) is 0.482. The van der Waals surface area contributed by atoms with Crippen molar-refractivity contribution in [3.05, 3.63) is 65.0 Å². The van der Waals surface area contributed by atoms with Crippen molar-refractivity contribution in [1.82, 2.24) is 24.3 Å². The zero-order chi connectivity index (χ0) is 24.0. The summed E-state index contributed by atoms with van der Waals surface area (Å²) in [7, 11) is 1.75. The fourth-order valence-corrected chi connectivity index (χ4v) is 4.46. The Morgan fingerprint density at radius 3 is 2.38 bits per heavy atom. The Balaban J connectivity index is 1.68. The summed E-state index contributed by atoms with van der Waals surface area (Å²) in [5, 5.41) is 14.3. The summed E-state index contributed by atoms with van der Waals surface area (Å²) < 4.78 is 42.3. The number of aromatic nitrogens is 5. The van der Waals surface area contributed by atoms with Crippen LogP contribution in [0.25, 0.3) is 33.4 Å². The fraction of sp³-hybridized carbons (Fsp3) is 0.333. The molecule has 0 spiro atoms. The molecule has 0 unspecified atom stereocenters. The first kappa shape index (κ1) is 22.3. The van der Waals surface area contributed by atoms with E-state index < -0.39 is 11.7 Å². The Bertz CT molecular complexity index is 1400. The van der Waals surface area contributed by atoms with E-state index in [-0.39, 0.29) is 17.7 Å². The highest BCUT2D eigenvalue weighted by molar-refractivity contribution is 5.93. The van der Waals surface area contributed by atoms with Crippen molar-refractivity contribution in [1.29, 1.82) is 0 Å². The van der Waals surface area contributed by atoms with Gasteiger partial charge in [-0.1, -0.05) is 12.1 Å². The van der Waals surface area contributed by atoms with Gasteiger partial charge in [0, 0.05) is 30.4 Å². The van der Waals surface area contributed by atoms with Crippen LogP contribution in [-0.4, -0.2) is 35.5 Å². The maximum absolute atomic E-state index is 13.5. The summed E-state index contributed by atoms with van der Waals surface area (Å²) in [5.41, 5.74) is 1.31. The van der Waals surface area contributed by atoms with Crippen molar-refractivity contribution in [3.63, 3.8) is 0 Å². The number of fused-ring (bicyclic) bond motifs is 1. The fourth-order valence-electron chi connectivity index (χ4n) is 4.46. The van der Waals surface area contributed by atoms with Crippen LogP contribution in [0.2, 0.25) is 0 Å².